The topological polar surface area (TPSA) is 70.9 Å². The van der Waals surface area contributed by atoms with Crippen LogP contribution in [-0.2, 0) is 0 Å². The number of hydrogen-bond donors (Lipinski definition) is 2. The quantitative estimate of drug-likeness (QED) is 0.587. The Balaban J connectivity index is 1.46. The predicted molar refractivity (Wildman–Crippen MR) is 92.2 cm³/mol. The van der Waals surface area contributed by atoms with Crippen LogP contribution in [0.1, 0.15) is 35.0 Å². The number of nitrogens with zero attached hydrogens (tertiary/aromatic N) is 1. The summed E-state index contributed by atoms with van der Waals surface area (Å²) in [5.74, 6) is 1.14. The minimum Gasteiger partial charge on any atom is -0.440 e. The molecule has 118 valence electrons. The van der Waals surface area contributed by atoms with E-state index in [4.69, 9.17) is 4.42 Å². The number of para-hydroxylation sites is 1. The second-order valence-corrected chi connectivity index (χ2v) is 6.21. The number of aromatic amines is 1. The fraction of sp³-hybridized carbons (Fsp3) is 0.158. The molecule has 0 saturated heterocycles. The first kappa shape index (κ1) is 13.4. The van der Waals surface area contributed by atoms with Crippen LogP contribution in [0.15, 0.2) is 53.1 Å². The van der Waals surface area contributed by atoms with Crippen LogP contribution >= 0.6 is 0 Å². The normalized spacial score (nSPS) is 14.3. The monoisotopic (exact) mass is 317 g/mol. The van der Waals surface area contributed by atoms with Crippen molar-refractivity contribution >= 4 is 33.6 Å². The van der Waals surface area contributed by atoms with Gasteiger partial charge in [0.1, 0.15) is 5.52 Å². The number of fused-ring (bicyclic) bond motifs is 2. The molecule has 24 heavy (non-hydrogen) atoms. The van der Waals surface area contributed by atoms with E-state index in [0.29, 0.717) is 17.2 Å². The van der Waals surface area contributed by atoms with Gasteiger partial charge < -0.3 is 14.7 Å². The van der Waals surface area contributed by atoms with Gasteiger partial charge in [0.25, 0.3) is 5.91 Å². The van der Waals surface area contributed by atoms with Crippen LogP contribution in [0.25, 0.3) is 22.0 Å². The highest BCUT2D eigenvalue weighted by Crippen LogP contribution is 2.40. The summed E-state index contributed by atoms with van der Waals surface area (Å²) in [7, 11) is 0. The molecule has 2 heterocycles. The van der Waals surface area contributed by atoms with E-state index in [1.54, 1.807) is 6.20 Å². The molecule has 5 rings (SSSR count). The number of rotatable bonds is 3. The highest BCUT2D eigenvalue weighted by atomic mass is 16.3. The van der Waals surface area contributed by atoms with Crippen LogP contribution in [0.2, 0.25) is 0 Å². The second-order valence-electron chi connectivity index (χ2n) is 6.21. The van der Waals surface area contributed by atoms with Crippen LogP contribution in [0.5, 0.6) is 0 Å². The van der Waals surface area contributed by atoms with E-state index in [2.05, 4.69) is 15.3 Å². The fourth-order valence-electron chi connectivity index (χ4n) is 2.99. The molecule has 2 N–H and O–H groups in total. The van der Waals surface area contributed by atoms with E-state index in [1.807, 2.05) is 42.5 Å². The van der Waals surface area contributed by atoms with Gasteiger partial charge in [-0.3, -0.25) is 4.79 Å². The number of H-pyrrole nitrogens is 1. The van der Waals surface area contributed by atoms with Crippen LogP contribution in [-0.4, -0.2) is 15.9 Å². The van der Waals surface area contributed by atoms with Gasteiger partial charge in [0, 0.05) is 28.7 Å². The minimum atomic E-state index is -0.141. The Labute approximate surface area is 137 Å². The number of nitrogens with one attached hydrogen (secondary N) is 2. The molecule has 0 bridgehead atoms. The summed E-state index contributed by atoms with van der Waals surface area (Å²) in [5, 5.41) is 3.85. The lowest BCUT2D eigenvalue weighted by Crippen LogP contribution is -2.11. The lowest BCUT2D eigenvalue weighted by Gasteiger charge is -2.04. The molecule has 0 radical (unpaired) electrons. The Morgan fingerprint density at radius 2 is 2.08 bits per heavy atom. The number of benzene rings is 2. The maximum absolute atomic E-state index is 12.6. The Hall–Kier alpha value is -3.08. The Morgan fingerprint density at radius 1 is 1.21 bits per heavy atom. The molecular formula is C19H15N3O2. The number of anilines is 1. The zero-order valence-electron chi connectivity index (χ0n) is 12.9. The molecule has 1 saturated carbocycles. The number of oxazole rings is 1. The average molecular weight is 317 g/mol. The van der Waals surface area contributed by atoms with E-state index in [-0.39, 0.29) is 5.91 Å². The van der Waals surface area contributed by atoms with E-state index in [1.165, 1.54) is 0 Å². The minimum absolute atomic E-state index is 0.141. The second kappa shape index (κ2) is 4.96. The molecule has 1 fully saturated rings. The molecule has 1 aliphatic rings. The molecule has 0 atom stereocenters. The summed E-state index contributed by atoms with van der Waals surface area (Å²) < 4.78 is 5.75. The van der Waals surface area contributed by atoms with Crippen molar-refractivity contribution in [1.82, 2.24) is 9.97 Å². The molecular weight excluding hydrogens is 302 g/mol. The molecule has 2 aromatic carbocycles. The summed E-state index contributed by atoms with van der Waals surface area (Å²) in [5.41, 5.74) is 3.84. The number of hydrogen-bond acceptors (Lipinski definition) is 3. The third-order valence-electron chi connectivity index (χ3n) is 4.42. The van der Waals surface area contributed by atoms with Gasteiger partial charge in [-0.25, -0.2) is 4.98 Å². The Morgan fingerprint density at radius 3 is 2.96 bits per heavy atom. The number of aromatic nitrogens is 2. The van der Waals surface area contributed by atoms with Crippen molar-refractivity contribution in [2.24, 2.45) is 0 Å². The van der Waals surface area contributed by atoms with Gasteiger partial charge in [0.15, 0.2) is 11.5 Å². The maximum Gasteiger partial charge on any atom is 0.257 e. The van der Waals surface area contributed by atoms with Gasteiger partial charge >= 0.3 is 0 Å². The standard InChI is InChI=1S/C19H15N3O2/c23-18(14-10-20-15-4-2-1-3-13(14)15)21-12-7-8-17-16(9-12)22-19(24-17)11-5-6-11/h1-4,7-11,20H,5-6H2,(H,21,23). The molecule has 1 aliphatic carbocycles. The molecule has 5 nitrogen and oxygen atoms in total. The first-order chi connectivity index (χ1) is 11.8. The van der Waals surface area contributed by atoms with Crippen LogP contribution in [0.4, 0.5) is 5.69 Å². The lowest BCUT2D eigenvalue weighted by atomic mass is 10.1. The first-order valence-electron chi connectivity index (χ1n) is 8.06. The zero-order chi connectivity index (χ0) is 16.1. The van der Waals surface area contributed by atoms with Gasteiger partial charge in [-0.05, 0) is 37.1 Å². The van der Waals surface area contributed by atoms with Crippen LogP contribution < -0.4 is 5.32 Å². The Bertz CT molecular complexity index is 1070. The van der Waals surface area contributed by atoms with Gasteiger partial charge in [-0.1, -0.05) is 18.2 Å². The van der Waals surface area contributed by atoms with Gasteiger partial charge in [0.2, 0.25) is 0 Å². The molecule has 0 unspecified atom stereocenters. The van der Waals surface area contributed by atoms with Crippen LogP contribution in [0, 0.1) is 0 Å². The summed E-state index contributed by atoms with van der Waals surface area (Å²) >= 11 is 0. The molecule has 1 amide bonds. The third kappa shape index (κ3) is 2.17. The van der Waals surface area contributed by atoms with Crippen LogP contribution in [0.3, 0.4) is 0 Å². The van der Waals surface area contributed by atoms with Gasteiger partial charge in [-0.15, -0.1) is 0 Å². The fourth-order valence-corrected chi connectivity index (χ4v) is 2.99. The SMILES string of the molecule is O=C(Nc1ccc2oc(C3CC3)nc2c1)c1c[nH]c2ccccc12. The summed E-state index contributed by atoms with van der Waals surface area (Å²) in [4.78, 5) is 20.2. The zero-order valence-corrected chi connectivity index (χ0v) is 12.9. The van der Waals surface area contributed by atoms with Crippen molar-refractivity contribution < 1.29 is 9.21 Å². The summed E-state index contributed by atoms with van der Waals surface area (Å²) in [6, 6.07) is 13.3. The van der Waals surface area contributed by atoms with E-state index < -0.39 is 0 Å². The maximum atomic E-state index is 12.6. The smallest absolute Gasteiger partial charge is 0.257 e. The van der Waals surface area contributed by atoms with E-state index >= 15 is 0 Å². The number of carbonyl (C=O) groups is 1. The summed E-state index contributed by atoms with van der Waals surface area (Å²) in [6.45, 7) is 0. The molecule has 0 aliphatic heterocycles. The molecule has 4 aromatic rings. The summed E-state index contributed by atoms with van der Waals surface area (Å²) in [6.07, 6.45) is 4.04. The van der Waals surface area contributed by atoms with Crippen molar-refractivity contribution in [3.63, 3.8) is 0 Å². The van der Waals surface area contributed by atoms with E-state index in [0.717, 1.165) is 40.7 Å². The third-order valence-corrected chi connectivity index (χ3v) is 4.42. The number of carbonyl (C=O) groups excluding carboxylic acids is 1. The highest BCUT2D eigenvalue weighted by molar-refractivity contribution is 6.13. The van der Waals surface area contributed by atoms with Crippen molar-refractivity contribution in [1.29, 1.82) is 0 Å². The molecule has 5 heteroatoms. The average Bonchev–Trinajstić information content (AvgIpc) is 3.21. The number of amides is 1. The largest absolute Gasteiger partial charge is 0.440 e. The van der Waals surface area contributed by atoms with Crippen molar-refractivity contribution in [2.75, 3.05) is 5.32 Å². The van der Waals surface area contributed by atoms with Gasteiger partial charge in [-0.2, -0.15) is 0 Å². The Kier molecular flexibility index (Phi) is 2.76. The van der Waals surface area contributed by atoms with Crippen molar-refractivity contribution in [3.05, 3.63) is 60.1 Å². The molecule has 0 spiro atoms. The first-order valence-corrected chi connectivity index (χ1v) is 8.06. The van der Waals surface area contributed by atoms with Crippen molar-refractivity contribution in [2.45, 2.75) is 18.8 Å². The van der Waals surface area contributed by atoms with Crippen molar-refractivity contribution in [3.8, 4) is 0 Å². The lowest BCUT2D eigenvalue weighted by molar-refractivity contribution is 0.102. The van der Waals surface area contributed by atoms with Gasteiger partial charge in [0.05, 0.1) is 5.56 Å². The predicted octanol–water partition coefficient (Wildman–Crippen LogP) is 4.44. The van der Waals surface area contributed by atoms with E-state index in [9.17, 15) is 4.79 Å². The molecule has 2 aromatic heterocycles. The highest BCUT2D eigenvalue weighted by Gasteiger charge is 2.28.